The Bertz CT molecular complexity index is 273. The molecule has 1 aromatic rings. The summed E-state index contributed by atoms with van der Waals surface area (Å²) in [7, 11) is 0. The Morgan fingerprint density at radius 2 is 1.93 bits per heavy atom. The molecule has 0 bridgehead atoms. The molecule has 0 atom stereocenters. The van der Waals surface area contributed by atoms with Gasteiger partial charge in [-0.05, 0) is 12.5 Å². The molecule has 1 aromatic carbocycles. The van der Waals surface area contributed by atoms with Crippen LogP contribution in [0.3, 0.4) is 0 Å². The lowest BCUT2D eigenvalue weighted by Gasteiger charge is -2.06. The lowest BCUT2D eigenvalue weighted by molar-refractivity contribution is 0.117. The number of nitrogens with two attached hydrogens (primary N) is 1. The minimum atomic E-state index is 0.638. The molecule has 84 valence electrons. The van der Waals surface area contributed by atoms with Gasteiger partial charge in [-0.25, -0.2) is 0 Å². The first kappa shape index (κ1) is 12.1. The molecular weight excluding hydrogens is 186 g/mol. The van der Waals surface area contributed by atoms with E-state index < -0.39 is 0 Å². The normalized spacial score (nSPS) is 10.5. The van der Waals surface area contributed by atoms with Crippen LogP contribution in [0.15, 0.2) is 24.3 Å². The molecule has 0 unspecified atom stereocenters. The van der Waals surface area contributed by atoms with Crippen LogP contribution >= 0.6 is 0 Å². The summed E-state index contributed by atoms with van der Waals surface area (Å²) in [5.74, 6) is 0. The van der Waals surface area contributed by atoms with Crippen LogP contribution in [0.25, 0.3) is 0 Å². The minimum Gasteiger partial charge on any atom is -0.398 e. The Morgan fingerprint density at radius 3 is 2.67 bits per heavy atom. The van der Waals surface area contributed by atoms with Crippen LogP contribution < -0.4 is 5.73 Å². The summed E-state index contributed by atoms with van der Waals surface area (Å²) in [4.78, 5) is 0. The summed E-state index contributed by atoms with van der Waals surface area (Å²) >= 11 is 0. The lowest BCUT2D eigenvalue weighted by atomic mass is 10.2. The highest BCUT2D eigenvalue weighted by Crippen LogP contribution is 2.11. The van der Waals surface area contributed by atoms with Crippen LogP contribution in [-0.4, -0.2) is 6.61 Å². The summed E-state index contributed by atoms with van der Waals surface area (Å²) in [6.07, 6.45) is 4.99. The van der Waals surface area contributed by atoms with E-state index in [0.29, 0.717) is 6.61 Å². The van der Waals surface area contributed by atoms with Crippen LogP contribution in [0.1, 0.15) is 38.2 Å². The Hall–Kier alpha value is -1.02. The quantitative estimate of drug-likeness (QED) is 0.549. The number of ether oxygens (including phenoxy) is 1. The highest BCUT2D eigenvalue weighted by atomic mass is 16.5. The number of unbranched alkanes of at least 4 members (excludes halogenated alkanes) is 3. The van der Waals surface area contributed by atoms with Gasteiger partial charge >= 0.3 is 0 Å². The van der Waals surface area contributed by atoms with E-state index in [2.05, 4.69) is 6.92 Å². The molecule has 0 aliphatic rings. The molecule has 0 aromatic heterocycles. The van der Waals surface area contributed by atoms with Crippen molar-refractivity contribution in [3.05, 3.63) is 29.8 Å². The summed E-state index contributed by atoms with van der Waals surface area (Å²) in [5, 5.41) is 0. The van der Waals surface area contributed by atoms with Gasteiger partial charge < -0.3 is 10.5 Å². The van der Waals surface area contributed by atoms with E-state index >= 15 is 0 Å². The van der Waals surface area contributed by atoms with Gasteiger partial charge in [0.1, 0.15) is 0 Å². The molecule has 0 aliphatic heterocycles. The Morgan fingerprint density at radius 1 is 1.13 bits per heavy atom. The van der Waals surface area contributed by atoms with E-state index in [-0.39, 0.29) is 0 Å². The van der Waals surface area contributed by atoms with Gasteiger partial charge in [-0.15, -0.1) is 0 Å². The zero-order valence-electron chi connectivity index (χ0n) is 9.54. The number of anilines is 1. The van der Waals surface area contributed by atoms with E-state index in [1.807, 2.05) is 24.3 Å². The van der Waals surface area contributed by atoms with Crippen molar-refractivity contribution in [3.63, 3.8) is 0 Å². The third kappa shape index (κ3) is 4.84. The molecular formula is C13H21NO. The number of hydrogen-bond donors (Lipinski definition) is 1. The third-order valence-corrected chi connectivity index (χ3v) is 2.45. The predicted octanol–water partition coefficient (Wildman–Crippen LogP) is 3.37. The first-order chi connectivity index (χ1) is 7.34. The van der Waals surface area contributed by atoms with Crippen molar-refractivity contribution in [2.45, 2.75) is 39.2 Å². The van der Waals surface area contributed by atoms with Gasteiger partial charge in [0.2, 0.25) is 0 Å². The van der Waals surface area contributed by atoms with Crippen LogP contribution in [0.2, 0.25) is 0 Å². The highest BCUT2D eigenvalue weighted by Gasteiger charge is 1.97. The average Bonchev–Trinajstić information content (AvgIpc) is 2.25. The molecule has 0 amide bonds. The van der Waals surface area contributed by atoms with Crippen molar-refractivity contribution in [1.29, 1.82) is 0 Å². The smallest absolute Gasteiger partial charge is 0.0736 e. The molecule has 15 heavy (non-hydrogen) atoms. The van der Waals surface area contributed by atoms with Gasteiger partial charge in [-0.1, -0.05) is 44.4 Å². The molecule has 0 fully saturated rings. The molecule has 0 radical (unpaired) electrons. The van der Waals surface area contributed by atoms with E-state index in [0.717, 1.165) is 24.3 Å². The standard InChI is InChI=1S/C13H21NO/c1-2-3-4-7-10-15-11-12-8-5-6-9-13(12)14/h5-6,8-9H,2-4,7,10-11,14H2,1H3. The van der Waals surface area contributed by atoms with Crippen LogP contribution in [-0.2, 0) is 11.3 Å². The van der Waals surface area contributed by atoms with Gasteiger partial charge in [0.15, 0.2) is 0 Å². The molecule has 0 spiro atoms. The van der Waals surface area contributed by atoms with Gasteiger partial charge in [-0.2, -0.15) is 0 Å². The van der Waals surface area contributed by atoms with Crippen molar-refractivity contribution in [2.75, 3.05) is 12.3 Å². The van der Waals surface area contributed by atoms with Crippen molar-refractivity contribution >= 4 is 5.69 Å². The molecule has 1 rings (SSSR count). The fourth-order valence-corrected chi connectivity index (χ4v) is 1.48. The summed E-state index contributed by atoms with van der Waals surface area (Å²) in [5.41, 5.74) is 7.72. The maximum Gasteiger partial charge on any atom is 0.0736 e. The Kier molecular flexibility index (Phi) is 5.86. The number of benzene rings is 1. The average molecular weight is 207 g/mol. The molecule has 0 heterocycles. The van der Waals surface area contributed by atoms with Gasteiger partial charge in [-0.3, -0.25) is 0 Å². The van der Waals surface area contributed by atoms with Crippen molar-refractivity contribution in [1.82, 2.24) is 0 Å². The molecule has 0 saturated carbocycles. The number of rotatable bonds is 7. The van der Waals surface area contributed by atoms with E-state index in [1.54, 1.807) is 0 Å². The van der Waals surface area contributed by atoms with Crippen molar-refractivity contribution in [3.8, 4) is 0 Å². The number of nitrogen functional groups attached to an aromatic ring is 1. The Labute approximate surface area is 92.4 Å². The van der Waals surface area contributed by atoms with Crippen molar-refractivity contribution < 1.29 is 4.74 Å². The molecule has 0 saturated heterocycles. The van der Waals surface area contributed by atoms with Crippen molar-refractivity contribution in [2.24, 2.45) is 0 Å². The fraction of sp³-hybridized carbons (Fsp3) is 0.538. The molecule has 2 heteroatoms. The highest BCUT2D eigenvalue weighted by molar-refractivity contribution is 5.45. The summed E-state index contributed by atoms with van der Waals surface area (Å²) < 4.78 is 5.57. The first-order valence-corrected chi connectivity index (χ1v) is 5.75. The maximum atomic E-state index is 5.80. The number of hydrogen-bond acceptors (Lipinski definition) is 2. The lowest BCUT2D eigenvalue weighted by Crippen LogP contribution is -1.99. The molecule has 2 N–H and O–H groups in total. The second kappa shape index (κ2) is 7.30. The zero-order valence-corrected chi connectivity index (χ0v) is 9.54. The zero-order chi connectivity index (χ0) is 10.9. The largest absolute Gasteiger partial charge is 0.398 e. The minimum absolute atomic E-state index is 0.638. The maximum absolute atomic E-state index is 5.80. The van der Waals surface area contributed by atoms with E-state index in [4.69, 9.17) is 10.5 Å². The van der Waals surface area contributed by atoms with Crippen LogP contribution in [0, 0.1) is 0 Å². The van der Waals surface area contributed by atoms with E-state index in [9.17, 15) is 0 Å². The van der Waals surface area contributed by atoms with Crippen LogP contribution in [0.5, 0.6) is 0 Å². The van der Waals surface area contributed by atoms with Gasteiger partial charge in [0, 0.05) is 17.9 Å². The van der Waals surface area contributed by atoms with Gasteiger partial charge in [0.05, 0.1) is 6.61 Å². The summed E-state index contributed by atoms with van der Waals surface area (Å²) in [6.45, 7) is 3.69. The second-order valence-corrected chi connectivity index (χ2v) is 3.81. The second-order valence-electron chi connectivity index (χ2n) is 3.81. The monoisotopic (exact) mass is 207 g/mol. The SMILES string of the molecule is CCCCCCOCc1ccccc1N. The predicted molar refractivity (Wildman–Crippen MR) is 64.7 cm³/mol. The van der Waals surface area contributed by atoms with E-state index in [1.165, 1.54) is 19.3 Å². The first-order valence-electron chi connectivity index (χ1n) is 5.75. The topological polar surface area (TPSA) is 35.2 Å². The molecule has 0 aliphatic carbocycles. The number of para-hydroxylation sites is 1. The third-order valence-electron chi connectivity index (χ3n) is 2.45. The fourth-order valence-electron chi connectivity index (χ4n) is 1.48. The summed E-state index contributed by atoms with van der Waals surface area (Å²) in [6, 6.07) is 7.86. The van der Waals surface area contributed by atoms with Crippen LogP contribution in [0.4, 0.5) is 5.69 Å². The van der Waals surface area contributed by atoms with Gasteiger partial charge in [0.25, 0.3) is 0 Å². The molecule has 2 nitrogen and oxygen atoms in total. The Balaban J connectivity index is 2.12.